The fraction of sp³-hybridized carbons (Fsp3) is 0.462. The van der Waals surface area contributed by atoms with Gasteiger partial charge < -0.3 is 0 Å². The van der Waals surface area contributed by atoms with Crippen molar-refractivity contribution in [2.24, 2.45) is 11.0 Å². The molecule has 0 heterocycles. The molecule has 0 unspecified atom stereocenters. The zero-order chi connectivity index (χ0) is 13.1. The molecule has 1 aromatic rings. The second-order valence-electron chi connectivity index (χ2n) is 4.72. The van der Waals surface area contributed by atoms with Gasteiger partial charge in [0.05, 0.1) is 15.7 Å². The number of hydrogen-bond donors (Lipinski definition) is 1. The van der Waals surface area contributed by atoms with Crippen LogP contribution in [0.15, 0.2) is 17.2 Å². The lowest BCUT2D eigenvalue weighted by atomic mass is 9.90. The quantitative estimate of drug-likeness (QED) is 0.704. The molecule has 2 rings (SSSR count). The maximum Gasteiger partial charge on any atom is 0.0935 e. The van der Waals surface area contributed by atoms with Gasteiger partial charge in [0.2, 0.25) is 0 Å². The zero-order valence-corrected chi connectivity index (χ0v) is 12.4. The highest BCUT2D eigenvalue weighted by molar-refractivity contribution is 6.41. The summed E-state index contributed by atoms with van der Waals surface area (Å²) in [5.74, 6) is 0.798. The molecule has 18 heavy (non-hydrogen) atoms. The van der Waals surface area contributed by atoms with Crippen LogP contribution >= 0.6 is 34.8 Å². The zero-order valence-electron chi connectivity index (χ0n) is 10.1. The molecule has 0 bridgehead atoms. The van der Waals surface area contributed by atoms with Crippen LogP contribution in [-0.2, 0) is 0 Å². The van der Waals surface area contributed by atoms with Crippen molar-refractivity contribution in [3.63, 3.8) is 0 Å². The van der Waals surface area contributed by atoms with Crippen LogP contribution in [0.2, 0.25) is 15.1 Å². The Labute approximate surface area is 122 Å². The standard InChI is InChI=1S/C13H15Cl3N2/c1-8-2-4-10(5-3-8)17-18-13-11(15)6-9(14)7-12(13)16/h6-8,18H,2-5H2,1H3. The lowest BCUT2D eigenvalue weighted by Gasteiger charge is -2.19. The van der Waals surface area contributed by atoms with Crippen molar-refractivity contribution in [3.05, 3.63) is 27.2 Å². The molecule has 0 aliphatic heterocycles. The van der Waals surface area contributed by atoms with Gasteiger partial charge in [-0.25, -0.2) is 0 Å². The van der Waals surface area contributed by atoms with Gasteiger partial charge in [-0.1, -0.05) is 41.7 Å². The van der Waals surface area contributed by atoms with Gasteiger partial charge in [-0.05, 0) is 43.7 Å². The number of hydrogen-bond acceptors (Lipinski definition) is 2. The number of anilines is 1. The Morgan fingerprint density at radius 1 is 1.11 bits per heavy atom. The predicted octanol–water partition coefficient (Wildman–Crippen LogP) is 5.62. The van der Waals surface area contributed by atoms with Crippen LogP contribution in [-0.4, -0.2) is 5.71 Å². The molecule has 1 aromatic carbocycles. The number of nitrogens with one attached hydrogen (secondary N) is 1. The summed E-state index contributed by atoms with van der Waals surface area (Å²) in [5.41, 5.74) is 4.75. The van der Waals surface area contributed by atoms with Crippen molar-refractivity contribution in [3.8, 4) is 0 Å². The monoisotopic (exact) mass is 304 g/mol. The van der Waals surface area contributed by atoms with Crippen molar-refractivity contribution in [2.45, 2.75) is 32.6 Å². The third-order valence-corrected chi connectivity index (χ3v) is 4.00. The summed E-state index contributed by atoms with van der Waals surface area (Å²) in [6, 6.07) is 3.31. The van der Waals surface area contributed by atoms with Gasteiger partial charge in [-0.3, -0.25) is 5.43 Å². The van der Waals surface area contributed by atoms with Gasteiger partial charge in [0.25, 0.3) is 0 Å². The lowest BCUT2D eigenvalue weighted by Crippen LogP contribution is -2.13. The van der Waals surface area contributed by atoms with Crippen LogP contribution in [0.1, 0.15) is 32.6 Å². The van der Waals surface area contributed by atoms with E-state index in [1.165, 1.54) is 18.6 Å². The first-order valence-corrected chi connectivity index (χ1v) is 7.15. The molecule has 1 saturated carbocycles. The molecule has 0 atom stereocenters. The Bertz CT molecular complexity index is 438. The summed E-state index contributed by atoms with van der Waals surface area (Å²) in [4.78, 5) is 0. The van der Waals surface area contributed by atoms with E-state index in [1.807, 2.05) is 0 Å². The molecule has 1 N–H and O–H groups in total. The fourth-order valence-electron chi connectivity index (χ4n) is 1.99. The maximum absolute atomic E-state index is 6.08. The second-order valence-corrected chi connectivity index (χ2v) is 5.97. The maximum atomic E-state index is 6.08. The van der Waals surface area contributed by atoms with Crippen molar-refractivity contribution in [2.75, 3.05) is 5.43 Å². The van der Waals surface area contributed by atoms with Crippen LogP contribution in [0, 0.1) is 5.92 Å². The number of benzene rings is 1. The van der Waals surface area contributed by atoms with Crippen molar-refractivity contribution in [1.82, 2.24) is 0 Å². The molecule has 1 aliphatic carbocycles. The largest absolute Gasteiger partial charge is 0.276 e. The first-order chi connectivity index (χ1) is 8.56. The normalized spacial score (nSPS) is 19.8. The van der Waals surface area contributed by atoms with Gasteiger partial charge in [-0.2, -0.15) is 5.10 Å². The Hall–Kier alpha value is -0.440. The predicted molar refractivity (Wildman–Crippen MR) is 80.2 cm³/mol. The Morgan fingerprint density at radius 2 is 1.67 bits per heavy atom. The molecular weight excluding hydrogens is 291 g/mol. The first-order valence-electron chi connectivity index (χ1n) is 6.02. The van der Waals surface area contributed by atoms with Gasteiger partial charge in [0, 0.05) is 10.7 Å². The number of hydrazone groups is 1. The van der Waals surface area contributed by atoms with E-state index >= 15 is 0 Å². The van der Waals surface area contributed by atoms with E-state index in [4.69, 9.17) is 34.8 Å². The molecule has 98 valence electrons. The van der Waals surface area contributed by atoms with Crippen LogP contribution < -0.4 is 5.43 Å². The number of nitrogens with zero attached hydrogens (tertiary/aromatic N) is 1. The molecule has 0 aromatic heterocycles. The summed E-state index contributed by atoms with van der Waals surface area (Å²) in [6.45, 7) is 2.27. The summed E-state index contributed by atoms with van der Waals surface area (Å²) in [7, 11) is 0. The van der Waals surface area contributed by atoms with E-state index < -0.39 is 0 Å². The Balaban J connectivity index is 2.08. The highest BCUT2D eigenvalue weighted by atomic mass is 35.5. The third kappa shape index (κ3) is 3.53. The van der Waals surface area contributed by atoms with Crippen molar-refractivity contribution in [1.29, 1.82) is 0 Å². The molecule has 2 nitrogen and oxygen atoms in total. The molecule has 0 amide bonds. The Morgan fingerprint density at radius 3 is 2.22 bits per heavy atom. The van der Waals surface area contributed by atoms with E-state index in [9.17, 15) is 0 Å². The van der Waals surface area contributed by atoms with Crippen molar-refractivity contribution < 1.29 is 0 Å². The smallest absolute Gasteiger partial charge is 0.0935 e. The molecule has 0 spiro atoms. The minimum atomic E-state index is 0.487. The van der Waals surface area contributed by atoms with Crippen LogP contribution in [0.4, 0.5) is 5.69 Å². The fourth-order valence-corrected chi connectivity index (χ4v) is 2.89. The highest BCUT2D eigenvalue weighted by Gasteiger charge is 2.14. The summed E-state index contributed by atoms with van der Waals surface area (Å²) >= 11 is 18.0. The van der Waals surface area contributed by atoms with Gasteiger partial charge in [-0.15, -0.1) is 0 Å². The topological polar surface area (TPSA) is 24.4 Å². The van der Waals surface area contributed by atoms with Crippen molar-refractivity contribution >= 4 is 46.2 Å². The molecule has 0 radical (unpaired) electrons. The van der Waals surface area contributed by atoms with Crippen LogP contribution in [0.25, 0.3) is 0 Å². The lowest BCUT2D eigenvalue weighted by molar-refractivity contribution is 0.483. The van der Waals surface area contributed by atoms with E-state index in [0.29, 0.717) is 20.8 Å². The van der Waals surface area contributed by atoms with E-state index in [1.54, 1.807) is 12.1 Å². The summed E-state index contributed by atoms with van der Waals surface area (Å²) in [6.07, 6.45) is 4.47. The molecular formula is C13H15Cl3N2. The molecule has 0 saturated heterocycles. The molecule has 5 heteroatoms. The number of rotatable bonds is 2. The first kappa shape index (κ1) is 14.0. The van der Waals surface area contributed by atoms with Gasteiger partial charge >= 0.3 is 0 Å². The molecule has 1 aliphatic rings. The highest BCUT2D eigenvalue weighted by Crippen LogP contribution is 2.34. The average molecular weight is 306 g/mol. The minimum Gasteiger partial charge on any atom is -0.276 e. The van der Waals surface area contributed by atoms with E-state index in [0.717, 1.165) is 18.8 Å². The SMILES string of the molecule is CC1CCC(=NNc2c(Cl)cc(Cl)cc2Cl)CC1. The van der Waals surface area contributed by atoms with Gasteiger partial charge in [0.1, 0.15) is 0 Å². The summed E-state index contributed by atoms with van der Waals surface area (Å²) < 4.78 is 0. The Kier molecular flexibility index (Phi) is 4.77. The average Bonchev–Trinajstić information content (AvgIpc) is 2.30. The number of halogens is 3. The second kappa shape index (κ2) is 6.14. The summed E-state index contributed by atoms with van der Waals surface area (Å²) in [5, 5.41) is 5.89. The van der Waals surface area contributed by atoms with E-state index in [-0.39, 0.29) is 0 Å². The van der Waals surface area contributed by atoms with Crippen LogP contribution in [0.3, 0.4) is 0 Å². The van der Waals surface area contributed by atoms with E-state index in [2.05, 4.69) is 17.5 Å². The molecule has 1 fully saturated rings. The third-order valence-electron chi connectivity index (χ3n) is 3.18. The van der Waals surface area contributed by atoms with Crippen LogP contribution in [0.5, 0.6) is 0 Å². The minimum absolute atomic E-state index is 0.487. The van der Waals surface area contributed by atoms with Gasteiger partial charge in [0.15, 0.2) is 0 Å².